The smallest absolute Gasteiger partial charge is 0.414 e. The second-order valence-corrected chi connectivity index (χ2v) is 8.42. The number of carboxylic acids is 2. The fourth-order valence-corrected chi connectivity index (χ4v) is 5.16. The van der Waals surface area contributed by atoms with Crippen molar-refractivity contribution in [2.24, 2.45) is 4.99 Å². The fraction of sp³-hybridized carbons (Fsp3) is 0.235. The molecule has 0 aliphatic carbocycles. The molecule has 2 aromatic rings. The van der Waals surface area contributed by atoms with Crippen molar-refractivity contribution in [3.63, 3.8) is 0 Å². The lowest BCUT2D eigenvalue weighted by atomic mass is 10.1. The quantitative estimate of drug-likeness (QED) is 0.575. The summed E-state index contributed by atoms with van der Waals surface area (Å²) in [6, 6.07) is 6.77. The molecule has 2 aliphatic heterocycles. The third kappa shape index (κ3) is 3.60. The minimum Gasteiger partial charge on any atom is -0.473 e. The number of carboxylic acid groups (broad SMARTS) is 2. The molecule has 0 saturated heterocycles. The monoisotopic (exact) mass is 408 g/mol. The molecule has 0 radical (unpaired) electrons. The van der Waals surface area contributed by atoms with E-state index in [2.05, 4.69) is 46.7 Å². The van der Waals surface area contributed by atoms with Gasteiger partial charge in [0.05, 0.1) is 12.2 Å². The maximum atomic E-state index is 9.10. The number of thioether (sulfide) groups is 2. The lowest BCUT2D eigenvalue weighted by Crippen LogP contribution is -2.19. The second-order valence-electron chi connectivity index (χ2n) is 5.44. The first-order chi connectivity index (χ1) is 12.4. The third-order valence-electron chi connectivity index (χ3n) is 3.87. The summed E-state index contributed by atoms with van der Waals surface area (Å²) in [5.74, 6) is -3.65. The molecule has 26 heavy (non-hydrogen) atoms. The van der Waals surface area contributed by atoms with Gasteiger partial charge >= 0.3 is 11.9 Å². The summed E-state index contributed by atoms with van der Waals surface area (Å²) < 4.78 is 1.37. The van der Waals surface area contributed by atoms with Crippen molar-refractivity contribution in [2.75, 3.05) is 19.3 Å². The highest BCUT2D eigenvalue weighted by Crippen LogP contribution is 2.44. The molecule has 1 aromatic heterocycles. The van der Waals surface area contributed by atoms with Gasteiger partial charge in [-0.15, -0.1) is 23.1 Å². The number of aliphatic carboxylic acids is 2. The van der Waals surface area contributed by atoms with E-state index in [1.54, 1.807) is 11.8 Å². The maximum Gasteiger partial charge on any atom is 0.414 e. The molecule has 0 saturated carbocycles. The highest BCUT2D eigenvalue weighted by molar-refractivity contribution is 8.17. The van der Waals surface area contributed by atoms with Crippen LogP contribution in [0.15, 0.2) is 38.4 Å². The standard InChI is InChI=1S/C15H14N2S3.C2H2O4/c1-9-14(17-6-5-16-15(17)20-9)12-8-19-13-4-3-10(18-2)7-11(12)13;3-1(4)2(5)6/h3-4,7-8H,5-6H2,1-2H3;(H,3,4)(H,5,6). The number of thiophene rings is 1. The SMILES string of the molecule is CSc1ccc2scc(C3=C(C)SC4=NCCN43)c2c1.O=C(O)C(=O)O. The van der Waals surface area contributed by atoms with Gasteiger partial charge in [0.15, 0.2) is 5.17 Å². The summed E-state index contributed by atoms with van der Waals surface area (Å²) >= 11 is 5.46. The normalized spacial score (nSPS) is 15.6. The molecule has 0 amide bonds. The van der Waals surface area contributed by atoms with Crippen LogP contribution in [0.4, 0.5) is 0 Å². The van der Waals surface area contributed by atoms with Gasteiger partial charge in [-0.25, -0.2) is 9.59 Å². The van der Waals surface area contributed by atoms with Crippen LogP contribution in [-0.2, 0) is 9.59 Å². The van der Waals surface area contributed by atoms with Crippen LogP contribution in [0.5, 0.6) is 0 Å². The van der Waals surface area contributed by atoms with E-state index in [9.17, 15) is 0 Å². The summed E-state index contributed by atoms with van der Waals surface area (Å²) in [4.78, 5) is 27.9. The maximum absolute atomic E-state index is 9.10. The fourth-order valence-electron chi connectivity index (χ4n) is 2.75. The molecule has 6 nitrogen and oxygen atoms in total. The number of rotatable bonds is 2. The number of nitrogens with zero attached hydrogens (tertiary/aromatic N) is 2. The van der Waals surface area contributed by atoms with E-state index in [0.717, 1.165) is 13.1 Å². The van der Waals surface area contributed by atoms with Crippen LogP contribution in [-0.4, -0.2) is 51.6 Å². The molecule has 2 N–H and O–H groups in total. The Bertz CT molecular complexity index is 937. The Morgan fingerprint density at radius 3 is 2.65 bits per heavy atom. The first-order valence-corrected chi connectivity index (χ1v) is 10.6. The molecule has 2 aliphatic rings. The molecule has 3 heterocycles. The van der Waals surface area contributed by atoms with E-state index in [-0.39, 0.29) is 0 Å². The minimum atomic E-state index is -1.82. The average Bonchev–Trinajstić information content (AvgIpc) is 3.29. The van der Waals surface area contributed by atoms with Gasteiger partial charge in [0, 0.05) is 37.4 Å². The lowest BCUT2D eigenvalue weighted by Gasteiger charge is -2.16. The summed E-state index contributed by atoms with van der Waals surface area (Å²) in [7, 11) is 0. The van der Waals surface area contributed by atoms with Crippen molar-refractivity contribution < 1.29 is 19.8 Å². The topological polar surface area (TPSA) is 90.2 Å². The molecule has 1 aromatic carbocycles. The molecule has 0 atom stereocenters. The Kier molecular flexibility index (Phi) is 5.59. The first-order valence-electron chi connectivity index (χ1n) is 7.65. The van der Waals surface area contributed by atoms with E-state index in [1.807, 2.05) is 23.1 Å². The van der Waals surface area contributed by atoms with E-state index in [1.165, 1.54) is 36.3 Å². The van der Waals surface area contributed by atoms with E-state index in [4.69, 9.17) is 19.8 Å². The zero-order valence-electron chi connectivity index (χ0n) is 14.1. The van der Waals surface area contributed by atoms with Gasteiger partial charge in [-0.05, 0) is 31.4 Å². The van der Waals surface area contributed by atoms with Crippen LogP contribution in [0.1, 0.15) is 12.5 Å². The number of allylic oxidation sites excluding steroid dienone is 1. The predicted molar refractivity (Wildman–Crippen MR) is 108 cm³/mol. The van der Waals surface area contributed by atoms with Crippen molar-refractivity contribution in [3.8, 4) is 0 Å². The number of benzene rings is 1. The van der Waals surface area contributed by atoms with Gasteiger partial charge in [-0.3, -0.25) is 4.99 Å². The number of aliphatic imine (C=N–C) groups is 1. The zero-order chi connectivity index (χ0) is 18.8. The zero-order valence-corrected chi connectivity index (χ0v) is 16.5. The van der Waals surface area contributed by atoms with Crippen molar-refractivity contribution in [3.05, 3.63) is 34.0 Å². The molecule has 4 rings (SSSR count). The predicted octanol–water partition coefficient (Wildman–Crippen LogP) is 3.89. The Morgan fingerprint density at radius 2 is 2.00 bits per heavy atom. The Balaban J connectivity index is 0.000000286. The Hall–Kier alpha value is -1.97. The second kappa shape index (κ2) is 7.73. The molecular weight excluding hydrogens is 392 g/mol. The van der Waals surface area contributed by atoms with Gasteiger partial charge in [0.2, 0.25) is 0 Å². The Labute approximate surface area is 162 Å². The number of fused-ring (bicyclic) bond motifs is 2. The number of hydrogen-bond acceptors (Lipinski definition) is 7. The Morgan fingerprint density at radius 1 is 1.27 bits per heavy atom. The molecular formula is C17H16N2O4S3. The van der Waals surface area contributed by atoms with Crippen molar-refractivity contribution in [2.45, 2.75) is 11.8 Å². The average molecular weight is 409 g/mol. The van der Waals surface area contributed by atoms with Gasteiger partial charge in [0.1, 0.15) is 0 Å². The minimum absolute atomic E-state index is 0.928. The number of carbonyl (C=O) groups is 2. The number of amidine groups is 1. The lowest BCUT2D eigenvalue weighted by molar-refractivity contribution is -0.159. The molecule has 0 fully saturated rings. The summed E-state index contributed by atoms with van der Waals surface area (Å²) in [6.45, 7) is 4.16. The summed E-state index contributed by atoms with van der Waals surface area (Å²) in [5.41, 5.74) is 2.74. The van der Waals surface area contributed by atoms with Gasteiger partial charge in [-0.1, -0.05) is 11.8 Å². The first kappa shape index (κ1) is 18.8. The van der Waals surface area contributed by atoms with Gasteiger partial charge in [-0.2, -0.15) is 0 Å². The summed E-state index contributed by atoms with van der Waals surface area (Å²) in [5, 5.41) is 19.6. The highest BCUT2D eigenvalue weighted by Gasteiger charge is 2.32. The van der Waals surface area contributed by atoms with E-state index < -0.39 is 11.9 Å². The molecule has 0 bridgehead atoms. The van der Waals surface area contributed by atoms with Crippen LogP contribution in [0.2, 0.25) is 0 Å². The largest absolute Gasteiger partial charge is 0.473 e. The third-order valence-corrected chi connectivity index (χ3v) is 6.59. The van der Waals surface area contributed by atoms with Crippen LogP contribution in [0.3, 0.4) is 0 Å². The van der Waals surface area contributed by atoms with Crippen LogP contribution in [0.25, 0.3) is 15.8 Å². The van der Waals surface area contributed by atoms with Crippen LogP contribution in [0, 0.1) is 0 Å². The van der Waals surface area contributed by atoms with E-state index >= 15 is 0 Å². The summed E-state index contributed by atoms with van der Waals surface area (Å²) in [6.07, 6.45) is 2.13. The van der Waals surface area contributed by atoms with Crippen molar-refractivity contribution in [1.82, 2.24) is 4.90 Å². The van der Waals surface area contributed by atoms with Crippen molar-refractivity contribution in [1.29, 1.82) is 0 Å². The van der Waals surface area contributed by atoms with Crippen LogP contribution < -0.4 is 0 Å². The molecule has 0 unspecified atom stereocenters. The number of hydrogen-bond donors (Lipinski definition) is 2. The molecule has 9 heteroatoms. The van der Waals surface area contributed by atoms with Gasteiger partial charge in [0.25, 0.3) is 0 Å². The molecule has 0 spiro atoms. The van der Waals surface area contributed by atoms with Crippen LogP contribution >= 0.6 is 34.9 Å². The highest BCUT2D eigenvalue weighted by atomic mass is 32.2. The molecule has 136 valence electrons. The van der Waals surface area contributed by atoms with Gasteiger partial charge < -0.3 is 15.1 Å². The van der Waals surface area contributed by atoms with Crippen molar-refractivity contribution >= 4 is 67.8 Å². The van der Waals surface area contributed by atoms with E-state index in [0.29, 0.717) is 0 Å².